The Balaban J connectivity index is 2.18. The SMILES string of the molecule is C/C(=C\CP)CC/C=C(\C)C(c1ccccc1)(c1ccccc1)c1ccccc1. The lowest BCUT2D eigenvalue weighted by Crippen LogP contribution is -2.31. The van der Waals surface area contributed by atoms with Crippen LogP contribution in [0.25, 0.3) is 0 Å². The van der Waals surface area contributed by atoms with Crippen LogP contribution in [0.15, 0.2) is 114 Å². The average molecular weight is 399 g/mol. The molecule has 0 amide bonds. The summed E-state index contributed by atoms with van der Waals surface area (Å²) in [5.41, 5.74) is 6.46. The standard InChI is InChI=1S/C28H31P/c1-23(21-22-29)13-12-14-24(2)28(25-15-6-3-7-16-25,26-17-8-4-9-18-26)27-19-10-5-11-20-27/h3-11,14-21H,12-13,22,29H2,1-2H3/b23-21+,24-14+. The number of hydrogen-bond acceptors (Lipinski definition) is 0. The molecule has 29 heavy (non-hydrogen) atoms. The van der Waals surface area contributed by atoms with Crippen LogP contribution in [0.3, 0.4) is 0 Å². The monoisotopic (exact) mass is 398 g/mol. The van der Waals surface area contributed by atoms with Gasteiger partial charge >= 0.3 is 0 Å². The zero-order valence-corrected chi connectivity index (χ0v) is 18.7. The minimum Gasteiger partial charge on any atom is -0.134 e. The van der Waals surface area contributed by atoms with E-state index >= 15 is 0 Å². The van der Waals surface area contributed by atoms with Gasteiger partial charge in [-0.05, 0) is 49.5 Å². The first-order valence-corrected chi connectivity index (χ1v) is 11.2. The molecule has 0 fully saturated rings. The summed E-state index contributed by atoms with van der Waals surface area (Å²) in [5.74, 6) is 0. The maximum Gasteiger partial charge on any atom is 0.0658 e. The number of benzene rings is 3. The van der Waals surface area contributed by atoms with Crippen LogP contribution in [0.2, 0.25) is 0 Å². The van der Waals surface area contributed by atoms with E-state index in [1.54, 1.807) is 0 Å². The van der Waals surface area contributed by atoms with Crippen LogP contribution < -0.4 is 0 Å². The maximum absolute atomic E-state index is 2.78. The van der Waals surface area contributed by atoms with Crippen molar-refractivity contribution in [3.8, 4) is 0 Å². The van der Waals surface area contributed by atoms with E-state index in [0.29, 0.717) is 0 Å². The largest absolute Gasteiger partial charge is 0.134 e. The quantitative estimate of drug-likeness (QED) is 0.208. The predicted octanol–water partition coefficient (Wildman–Crippen LogP) is 7.57. The molecule has 0 saturated heterocycles. The van der Waals surface area contributed by atoms with E-state index in [2.05, 4.69) is 126 Å². The summed E-state index contributed by atoms with van der Waals surface area (Å²) >= 11 is 0. The van der Waals surface area contributed by atoms with Crippen LogP contribution in [-0.4, -0.2) is 6.16 Å². The van der Waals surface area contributed by atoms with E-state index < -0.39 is 0 Å². The normalized spacial score (nSPS) is 12.8. The fraction of sp³-hybridized carbons (Fsp3) is 0.214. The van der Waals surface area contributed by atoms with Gasteiger partial charge in [0.25, 0.3) is 0 Å². The summed E-state index contributed by atoms with van der Waals surface area (Å²) in [6, 6.07) is 32.7. The number of allylic oxidation sites excluding steroid dienone is 4. The molecule has 1 atom stereocenters. The molecule has 0 heterocycles. The highest BCUT2D eigenvalue weighted by molar-refractivity contribution is 7.16. The van der Waals surface area contributed by atoms with Gasteiger partial charge in [0.1, 0.15) is 0 Å². The zero-order chi connectivity index (χ0) is 20.5. The average Bonchev–Trinajstić information content (AvgIpc) is 2.77. The van der Waals surface area contributed by atoms with Crippen LogP contribution in [0.4, 0.5) is 0 Å². The van der Waals surface area contributed by atoms with E-state index in [1.807, 2.05) is 0 Å². The molecule has 0 radical (unpaired) electrons. The van der Waals surface area contributed by atoms with Gasteiger partial charge in [-0.2, -0.15) is 0 Å². The second-order valence-electron chi connectivity index (χ2n) is 7.56. The maximum atomic E-state index is 2.78. The van der Waals surface area contributed by atoms with Crippen molar-refractivity contribution in [1.82, 2.24) is 0 Å². The molecule has 3 rings (SSSR count). The van der Waals surface area contributed by atoms with E-state index in [0.717, 1.165) is 19.0 Å². The minimum atomic E-state index is -0.290. The molecule has 0 N–H and O–H groups in total. The summed E-state index contributed by atoms with van der Waals surface area (Å²) in [5, 5.41) is 0. The Kier molecular flexibility index (Phi) is 7.62. The molecule has 148 valence electrons. The molecular formula is C28H31P. The summed E-state index contributed by atoms with van der Waals surface area (Å²) in [6.07, 6.45) is 7.91. The van der Waals surface area contributed by atoms with Crippen LogP contribution in [0, 0.1) is 0 Å². The molecule has 0 aliphatic carbocycles. The lowest BCUT2D eigenvalue weighted by Gasteiger charge is -2.37. The van der Waals surface area contributed by atoms with Crippen molar-refractivity contribution in [3.63, 3.8) is 0 Å². The highest BCUT2D eigenvalue weighted by atomic mass is 31.0. The molecule has 3 aromatic rings. The van der Waals surface area contributed by atoms with Crippen molar-refractivity contribution in [3.05, 3.63) is 131 Å². The molecular weight excluding hydrogens is 367 g/mol. The summed E-state index contributed by atoms with van der Waals surface area (Å²) in [4.78, 5) is 0. The highest BCUT2D eigenvalue weighted by Gasteiger charge is 2.37. The second kappa shape index (κ2) is 10.4. The minimum absolute atomic E-state index is 0.290. The Hall–Kier alpha value is -2.43. The van der Waals surface area contributed by atoms with Gasteiger partial charge in [0, 0.05) is 0 Å². The highest BCUT2D eigenvalue weighted by Crippen LogP contribution is 2.45. The fourth-order valence-electron chi connectivity index (χ4n) is 4.22. The summed E-state index contributed by atoms with van der Waals surface area (Å²) in [7, 11) is 2.78. The Morgan fingerprint density at radius 3 is 1.48 bits per heavy atom. The molecule has 0 spiro atoms. The Labute approximate surface area is 178 Å². The van der Waals surface area contributed by atoms with Crippen LogP contribution in [-0.2, 0) is 5.41 Å². The fourth-order valence-corrected chi connectivity index (χ4v) is 4.62. The van der Waals surface area contributed by atoms with Gasteiger partial charge in [0.2, 0.25) is 0 Å². The molecule has 0 aromatic heterocycles. The molecule has 0 bridgehead atoms. The van der Waals surface area contributed by atoms with E-state index in [-0.39, 0.29) is 5.41 Å². The van der Waals surface area contributed by atoms with Crippen molar-refractivity contribution in [2.24, 2.45) is 0 Å². The van der Waals surface area contributed by atoms with E-state index in [9.17, 15) is 0 Å². The van der Waals surface area contributed by atoms with Gasteiger partial charge in [-0.1, -0.05) is 114 Å². The smallest absolute Gasteiger partial charge is 0.0658 e. The molecule has 3 aromatic carbocycles. The van der Waals surface area contributed by atoms with Gasteiger partial charge in [0.05, 0.1) is 5.41 Å². The molecule has 1 heteroatoms. The third-order valence-electron chi connectivity index (χ3n) is 5.67. The molecule has 1 unspecified atom stereocenters. The molecule has 0 aliphatic rings. The molecule has 0 saturated carbocycles. The third-order valence-corrected chi connectivity index (χ3v) is 5.90. The molecule has 0 aliphatic heterocycles. The first-order valence-electron chi connectivity index (χ1n) is 10.4. The van der Waals surface area contributed by atoms with Crippen molar-refractivity contribution in [2.75, 3.05) is 6.16 Å². The van der Waals surface area contributed by atoms with Crippen molar-refractivity contribution in [1.29, 1.82) is 0 Å². The van der Waals surface area contributed by atoms with E-state index in [1.165, 1.54) is 27.8 Å². The van der Waals surface area contributed by atoms with Gasteiger partial charge in [0.15, 0.2) is 0 Å². The molecule has 0 nitrogen and oxygen atoms in total. The third kappa shape index (κ3) is 4.77. The van der Waals surface area contributed by atoms with Crippen LogP contribution in [0.5, 0.6) is 0 Å². The van der Waals surface area contributed by atoms with Gasteiger partial charge in [-0.15, -0.1) is 9.24 Å². The lowest BCUT2D eigenvalue weighted by molar-refractivity contribution is 0.716. The van der Waals surface area contributed by atoms with Gasteiger partial charge in [-0.3, -0.25) is 0 Å². The Morgan fingerprint density at radius 2 is 1.10 bits per heavy atom. The van der Waals surface area contributed by atoms with E-state index in [4.69, 9.17) is 0 Å². The van der Waals surface area contributed by atoms with Crippen molar-refractivity contribution in [2.45, 2.75) is 32.1 Å². The summed E-state index contributed by atoms with van der Waals surface area (Å²) in [6.45, 7) is 4.52. The second-order valence-corrected chi connectivity index (χ2v) is 8.03. The summed E-state index contributed by atoms with van der Waals surface area (Å²) < 4.78 is 0. The van der Waals surface area contributed by atoms with Crippen molar-refractivity contribution < 1.29 is 0 Å². The number of hydrogen-bond donors (Lipinski definition) is 0. The topological polar surface area (TPSA) is 0 Å². The van der Waals surface area contributed by atoms with Gasteiger partial charge < -0.3 is 0 Å². The first kappa shape index (κ1) is 21.3. The lowest BCUT2D eigenvalue weighted by atomic mass is 9.65. The van der Waals surface area contributed by atoms with Gasteiger partial charge in [-0.25, -0.2) is 0 Å². The number of rotatable bonds is 8. The predicted molar refractivity (Wildman–Crippen MR) is 131 cm³/mol. The van der Waals surface area contributed by atoms with Crippen LogP contribution in [0.1, 0.15) is 43.4 Å². The zero-order valence-electron chi connectivity index (χ0n) is 17.5. The Bertz CT molecular complexity index is 841. The Morgan fingerprint density at radius 1 is 0.690 bits per heavy atom. The first-order chi connectivity index (χ1) is 14.2. The van der Waals surface area contributed by atoms with Crippen molar-refractivity contribution >= 4 is 9.24 Å². The van der Waals surface area contributed by atoms with Crippen LogP contribution >= 0.6 is 9.24 Å².